The minimum Gasteiger partial charge on any atom is -0.326 e. The third-order valence-corrected chi connectivity index (χ3v) is 4.05. The number of carbonyl (C=O) groups is 1. The molecule has 0 aromatic heterocycles. The first kappa shape index (κ1) is 15.6. The average Bonchev–Trinajstić information content (AvgIpc) is 2.76. The minimum atomic E-state index is 0.167. The van der Waals surface area contributed by atoms with Crippen LogP contribution < -0.4 is 11.1 Å². The summed E-state index contributed by atoms with van der Waals surface area (Å²) in [6.45, 7) is 2.36. The zero-order valence-corrected chi connectivity index (χ0v) is 12.7. The molecule has 3 nitrogen and oxygen atoms in total. The van der Waals surface area contributed by atoms with Crippen LogP contribution in [0.5, 0.6) is 0 Å². The summed E-state index contributed by atoms with van der Waals surface area (Å²) in [4.78, 5) is 12.4. The Morgan fingerprint density at radius 2 is 2.00 bits per heavy atom. The third-order valence-electron chi connectivity index (χ3n) is 4.05. The molecule has 0 bridgehead atoms. The highest BCUT2D eigenvalue weighted by Gasteiger charge is 2.20. The first-order valence-corrected chi connectivity index (χ1v) is 7.81. The molecule has 1 aromatic carbocycles. The zero-order valence-electron chi connectivity index (χ0n) is 12.7. The number of benzene rings is 1. The minimum absolute atomic E-state index is 0.167. The van der Waals surface area contributed by atoms with E-state index in [1.807, 2.05) is 25.1 Å². The molecule has 0 unspecified atom stereocenters. The van der Waals surface area contributed by atoms with E-state index in [9.17, 15) is 4.79 Å². The lowest BCUT2D eigenvalue weighted by molar-refractivity contribution is -0.120. The van der Waals surface area contributed by atoms with E-state index in [0.29, 0.717) is 6.54 Å². The van der Waals surface area contributed by atoms with E-state index in [1.165, 1.54) is 25.7 Å². The number of hydrogen-bond donors (Lipinski definition) is 2. The molecule has 3 N–H and O–H groups in total. The summed E-state index contributed by atoms with van der Waals surface area (Å²) in [6.07, 6.45) is 6.90. The number of aryl methyl sites for hydroxylation is 1. The Kier molecular flexibility index (Phi) is 5.83. The van der Waals surface area contributed by atoms with Gasteiger partial charge in [-0.15, -0.1) is 0 Å². The van der Waals surface area contributed by atoms with Crippen LogP contribution in [0.25, 0.3) is 0 Å². The van der Waals surface area contributed by atoms with Crippen molar-refractivity contribution in [3.05, 3.63) is 29.3 Å². The Morgan fingerprint density at radius 3 is 2.62 bits per heavy atom. The molecule has 1 aliphatic rings. The standard InChI is InChI=1S/C18H24N2O/c1-14-13-15(7-6-12-19)10-11-17(14)20-18(21)16-8-4-2-3-5-9-16/h10-11,13,16H,2-5,8-9,12,19H2,1H3,(H,20,21). The predicted octanol–water partition coefficient (Wildman–Crippen LogP) is 3.21. The molecule has 1 aromatic rings. The van der Waals surface area contributed by atoms with Crippen LogP contribution in [0.2, 0.25) is 0 Å². The Hall–Kier alpha value is -1.79. The first-order valence-electron chi connectivity index (χ1n) is 7.81. The van der Waals surface area contributed by atoms with Crippen LogP contribution in [0.1, 0.15) is 49.7 Å². The summed E-state index contributed by atoms with van der Waals surface area (Å²) in [6, 6.07) is 5.86. The fraction of sp³-hybridized carbons (Fsp3) is 0.500. The largest absolute Gasteiger partial charge is 0.326 e. The van der Waals surface area contributed by atoms with Gasteiger partial charge in [0, 0.05) is 17.2 Å². The fourth-order valence-electron chi connectivity index (χ4n) is 2.81. The van der Waals surface area contributed by atoms with Crippen LogP contribution in [0.4, 0.5) is 5.69 Å². The molecule has 1 fully saturated rings. The van der Waals surface area contributed by atoms with Crippen molar-refractivity contribution in [2.45, 2.75) is 45.4 Å². The second-order valence-electron chi connectivity index (χ2n) is 5.71. The van der Waals surface area contributed by atoms with Crippen LogP contribution in [0.15, 0.2) is 18.2 Å². The summed E-state index contributed by atoms with van der Waals surface area (Å²) >= 11 is 0. The van der Waals surface area contributed by atoms with Crippen molar-refractivity contribution in [2.75, 3.05) is 11.9 Å². The van der Waals surface area contributed by atoms with Gasteiger partial charge in [0.15, 0.2) is 0 Å². The lowest BCUT2D eigenvalue weighted by Gasteiger charge is -2.15. The van der Waals surface area contributed by atoms with Gasteiger partial charge < -0.3 is 11.1 Å². The normalized spacial score (nSPS) is 15.7. The number of nitrogens with two attached hydrogens (primary N) is 1. The van der Waals surface area contributed by atoms with Crippen molar-refractivity contribution in [3.63, 3.8) is 0 Å². The van der Waals surface area contributed by atoms with Gasteiger partial charge in [0.2, 0.25) is 5.91 Å². The van der Waals surface area contributed by atoms with Crippen molar-refractivity contribution in [2.24, 2.45) is 11.7 Å². The summed E-state index contributed by atoms with van der Waals surface area (Å²) in [5.74, 6) is 6.19. The van der Waals surface area contributed by atoms with Gasteiger partial charge in [-0.05, 0) is 43.5 Å². The highest BCUT2D eigenvalue weighted by molar-refractivity contribution is 5.93. The summed E-state index contributed by atoms with van der Waals surface area (Å²) in [7, 11) is 0. The van der Waals surface area contributed by atoms with Crippen molar-refractivity contribution in [1.82, 2.24) is 0 Å². The Balaban J connectivity index is 2.03. The second kappa shape index (κ2) is 7.85. The second-order valence-corrected chi connectivity index (χ2v) is 5.71. The maximum Gasteiger partial charge on any atom is 0.227 e. The van der Waals surface area contributed by atoms with Crippen LogP contribution >= 0.6 is 0 Å². The molecule has 21 heavy (non-hydrogen) atoms. The lowest BCUT2D eigenvalue weighted by Crippen LogP contribution is -2.22. The molecular formula is C18H24N2O. The summed E-state index contributed by atoms with van der Waals surface area (Å²) in [5.41, 5.74) is 8.24. The number of rotatable bonds is 2. The van der Waals surface area contributed by atoms with Gasteiger partial charge in [-0.2, -0.15) is 0 Å². The van der Waals surface area contributed by atoms with E-state index in [1.54, 1.807) is 0 Å². The molecular weight excluding hydrogens is 260 g/mol. The van der Waals surface area contributed by atoms with Gasteiger partial charge in [-0.3, -0.25) is 4.79 Å². The monoisotopic (exact) mass is 284 g/mol. The van der Waals surface area contributed by atoms with E-state index >= 15 is 0 Å². The van der Waals surface area contributed by atoms with E-state index in [-0.39, 0.29) is 11.8 Å². The quantitative estimate of drug-likeness (QED) is 0.647. The SMILES string of the molecule is Cc1cc(C#CCN)ccc1NC(=O)C1CCCCCC1. The van der Waals surface area contributed by atoms with Gasteiger partial charge in [0.1, 0.15) is 0 Å². The molecule has 1 aliphatic carbocycles. The molecule has 2 rings (SSSR count). The van der Waals surface area contributed by atoms with E-state index in [2.05, 4.69) is 17.2 Å². The Morgan fingerprint density at radius 1 is 1.29 bits per heavy atom. The fourth-order valence-corrected chi connectivity index (χ4v) is 2.81. The van der Waals surface area contributed by atoms with Crippen LogP contribution in [-0.4, -0.2) is 12.5 Å². The van der Waals surface area contributed by atoms with Crippen molar-refractivity contribution < 1.29 is 4.79 Å². The highest BCUT2D eigenvalue weighted by Crippen LogP contribution is 2.25. The smallest absolute Gasteiger partial charge is 0.227 e. The molecule has 3 heteroatoms. The topological polar surface area (TPSA) is 55.1 Å². The number of hydrogen-bond acceptors (Lipinski definition) is 2. The van der Waals surface area contributed by atoms with E-state index < -0.39 is 0 Å². The van der Waals surface area contributed by atoms with Crippen molar-refractivity contribution in [3.8, 4) is 11.8 Å². The Bertz CT molecular complexity index is 546. The predicted molar refractivity (Wildman–Crippen MR) is 86.9 cm³/mol. The number of carbonyl (C=O) groups excluding carboxylic acids is 1. The summed E-state index contributed by atoms with van der Waals surface area (Å²) < 4.78 is 0. The number of amides is 1. The van der Waals surface area contributed by atoms with E-state index in [0.717, 1.165) is 29.7 Å². The van der Waals surface area contributed by atoms with Crippen LogP contribution in [0.3, 0.4) is 0 Å². The molecule has 0 radical (unpaired) electrons. The molecule has 0 saturated heterocycles. The van der Waals surface area contributed by atoms with E-state index in [4.69, 9.17) is 5.73 Å². The van der Waals surface area contributed by atoms with Gasteiger partial charge in [-0.25, -0.2) is 0 Å². The van der Waals surface area contributed by atoms with Crippen molar-refractivity contribution in [1.29, 1.82) is 0 Å². The maximum atomic E-state index is 12.4. The van der Waals surface area contributed by atoms with Crippen molar-refractivity contribution >= 4 is 11.6 Å². The first-order chi connectivity index (χ1) is 10.2. The van der Waals surface area contributed by atoms with Gasteiger partial charge in [-0.1, -0.05) is 37.5 Å². The van der Waals surface area contributed by atoms with Gasteiger partial charge in [0.25, 0.3) is 0 Å². The number of nitrogens with one attached hydrogen (secondary N) is 1. The third kappa shape index (κ3) is 4.61. The molecule has 112 valence electrons. The van der Waals surface area contributed by atoms with Crippen LogP contribution in [0, 0.1) is 24.7 Å². The lowest BCUT2D eigenvalue weighted by atomic mass is 9.99. The molecule has 0 spiro atoms. The molecule has 0 atom stereocenters. The molecule has 1 saturated carbocycles. The molecule has 0 aliphatic heterocycles. The number of anilines is 1. The summed E-state index contributed by atoms with van der Waals surface area (Å²) in [5, 5.41) is 3.08. The molecule has 0 heterocycles. The average molecular weight is 284 g/mol. The van der Waals surface area contributed by atoms with Crippen LogP contribution in [-0.2, 0) is 4.79 Å². The van der Waals surface area contributed by atoms with Gasteiger partial charge in [0.05, 0.1) is 6.54 Å². The van der Waals surface area contributed by atoms with Gasteiger partial charge >= 0.3 is 0 Å². The maximum absolute atomic E-state index is 12.4. The highest BCUT2D eigenvalue weighted by atomic mass is 16.1. The molecule has 1 amide bonds. The zero-order chi connectivity index (χ0) is 15.1. The Labute approximate surface area is 127 Å².